The van der Waals surface area contributed by atoms with E-state index in [9.17, 15) is 10.2 Å². The fraction of sp³-hybridized carbons (Fsp3) is 0.700. The maximum absolute atomic E-state index is 10.5. The summed E-state index contributed by atoms with van der Waals surface area (Å²) in [4.78, 5) is 0. The fourth-order valence-electron chi connectivity index (χ4n) is 5.83. The Labute approximate surface area is 138 Å². The first-order chi connectivity index (χ1) is 11.0. The number of aromatic hydroxyl groups is 1. The van der Waals surface area contributed by atoms with E-state index in [0.717, 1.165) is 25.7 Å². The predicted octanol–water partition coefficient (Wildman–Crippen LogP) is 4.01. The van der Waals surface area contributed by atoms with Gasteiger partial charge in [0.15, 0.2) is 11.5 Å². The molecule has 0 saturated heterocycles. The number of rotatable bonds is 2. The highest BCUT2D eigenvalue weighted by Gasteiger charge is 2.54. The first-order valence-corrected chi connectivity index (χ1v) is 9.21. The van der Waals surface area contributed by atoms with E-state index in [0.29, 0.717) is 30.1 Å². The van der Waals surface area contributed by atoms with E-state index >= 15 is 0 Å². The van der Waals surface area contributed by atoms with E-state index in [1.165, 1.54) is 24.0 Å². The van der Waals surface area contributed by atoms with E-state index in [2.05, 4.69) is 13.0 Å². The Morgan fingerprint density at radius 1 is 1.22 bits per heavy atom. The molecule has 0 heterocycles. The van der Waals surface area contributed by atoms with Crippen molar-refractivity contribution < 1.29 is 14.9 Å². The zero-order chi connectivity index (χ0) is 16.2. The molecule has 0 aromatic heterocycles. The number of hydrogen-bond acceptors (Lipinski definition) is 3. The summed E-state index contributed by atoms with van der Waals surface area (Å²) < 4.78 is 5.62. The van der Waals surface area contributed by atoms with Gasteiger partial charge in [-0.2, -0.15) is 0 Å². The average Bonchev–Trinajstić information content (AvgIpc) is 2.84. The molecule has 0 amide bonds. The topological polar surface area (TPSA) is 49.7 Å². The molecule has 0 aliphatic heterocycles. The lowest BCUT2D eigenvalue weighted by Crippen LogP contribution is -2.43. The van der Waals surface area contributed by atoms with Crippen molar-refractivity contribution in [2.24, 2.45) is 17.3 Å². The van der Waals surface area contributed by atoms with E-state index in [-0.39, 0.29) is 17.3 Å². The number of ether oxygens (including phenoxy) is 1. The number of hydrogen-bond donors (Lipinski definition) is 2. The SMILES string of the molecule is CCOc1cc2c(cc1O)CCC1C2CC[C@@]2(C)C1CC[C@@H]2O. The number of aliphatic hydroxyl groups is 1. The molecule has 2 N–H and O–H groups in total. The molecular weight excluding hydrogens is 288 g/mol. The first kappa shape index (κ1) is 15.3. The van der Waals surface area contributed by atoms with E-state index in [1.807, 2.05) is 13.0 Å². The largest absolute Gasteiger partial charge is 0.504 e. The molecule has 2 saturated carbocycles. The number of aliphatic hydroxyl groups excluding tert-OH is 1. The highest BCUT2D eigenvalue weighted by atomic mass is 16.5. The zero-order valence-corrected chi connectivity index (χ0v) is 14.2. The van der Waals surface area contributed by atoms with Gasteiger partial charge in [0.05, 0.1) is 12.7 Å². The molecule has 126 valence electrons. The first-order valence-electron chi connectivity index (χ1n) is 9.21. The molecule has 3 heteroatoms. The molecule has 3 aliphatic carbocycles. The van der Waals surface area contributed by atoms with Crippen LogP contribution >= 0.6 is 0 Å². The Morgan fingerprint density at radius 3 is 2.83 bits per heavy atom. The Hall–Kier alpha value is -1.22. The van der Waals surface area contributed by atoms with Crippen LogP contribution in [0.25, 0.3) is 0 Å². The van der Waals surface area contributed by atoms with Crippen LogP contribution in [0.1, 0.15) is 63.0 Å². The summed E-state index contributed by atoms with van der Waals surface area (Å²) >= 11 is 0. The second-order valence-electron chi connectivity index (χ2n) is 8.00. The summed E-state index contributed by atoms with van der Waals surface area (Å²) in [6.45, 7) is 4.84. The summed E-state index contributed by atoms with van der Waals surface area (Å²) in [5, 5.41) is 20.6. The van der Waals surface area contributed by atoms with Gasteiger partial charge in [-0.25, -0.2) is 0 Å². The lowest BCUT2D eigenvalue weighted by molar-refractivity contribution is -0.0226. The van der Waals surface area contributed by atoms with Crippen LogP contribution in [-0.2, 0) is 6.42 Å². The van der Waals surface area contributed by atoms with Crippen LogP contribution in [0.15, 0.2) is 12.1 Å². The third-order valence-corrected chi connectivity index (χ3v) is 7.05. The van der Waals surface area contributed by atoms with Gasteiger partial charge in [0.2, 0.25) is 0 Å². The molecule has 3 nitrogen and oxygen atoms in total. The zero-order valence-electron chi connectivity index (χ0n) is 14.2. The lowest BCUT2D eigenvalue weighted by atomic mass is 9.55. The number of fused-ring (bicyclic) bond motifs is 5. The number of aryl methyl sites for hydroxylation is 1. The molecule has 0 radical (unpaired) electrons. The van der Waals surface area contributed by atoms with Crippen LogP contribution in [0.5, 0.6) is 11.5 Å². The third kappa shape index (κ3) is 2.20. The molecule has 5 atom stereocenters. The van der Waals surface area contributed by atoms with Crippen molar-refractivity contribution in [1.29, 1.82) is 0 Å². The summed E-state index contributed by atoms with van der Waals surface area (Å²) in [6.07, 6.45) is 6.52. The minimum atomic E-state index is -0.117. The van der Waals surface area contributed by atoms with Gasteiger partial charge >= 0.3 is 0 Å². The molecule has 23 heavy (non-hydrogen) atoms. The molecule has 1 aromatic rings. The number of phenolic OH excluding ortho intramolecular Hbond substituents is 1. The van der Waals surface area contributed by atoms with Crippen molar-refractivity contribution >= 4 is 0 Å². The van der Waals surface area contributed by atoms with E-state index in [4.69, 9.17) is 4.74 Å². The monoisotopic (exact) mass is 316 g/mol. The maximum atomic E-state index is 10.5. The van der Waals surface area contributed by atoms with Gasteiger partial charge in [-0.1, -0.05) is 6.92 Å². The minimum Gasteiger partial charge on any atom is -0.504 e. The number of phenols is 1. The highest BCUT2D eigenvalue weighted by molar-refractivity contribution is 5.49. The quantitative estimate of drug-likeness (QED) is 0.867. The lowest BCUT2D eigenvalue weighted by Gasteiger charge is -2.50. The molecule has 3 unspecified atom stereocenters. The van der Waals surface area contributed by atoms with Gasteiger partial charge in [-0.3, -0.25) is 0 Å². The van der Waals surface area contributed by atoms with Crippen LogP contribution < -0.4 is 4.74 Å². The fourth-order valence-corrected chi connectivity index (χ4v) is 5.83. The summed E-state index contributed by atoms with van der Waals surface area (Å²) in [6, 6.07) is 4.02. The van der Waals surface area contributed by atoms with Crippen molar-refractivity contribution in [2.75, 3.05) is 6.61 Å². The molecule has 3 aliphatic rings. The summed E-state index contributed by atoms with van der Waals surface area (Å²) in [5.41, 5.74) is 2.82. The van der Waals surface area contributed by atoms with Gasteiger partial charge in [0, 0.05) is 0 Å². The normalized spacial score (nSPS) is 38.6. The van der Waals surface area contributed by atoms with Gasteiger partial charge in [0.25, 0.3) is 0 Å². The van der Waals surface area contributed by atoms with Crippen molar-refractivity contribution in [2.45, 2.75) is 64.4 Å². The standard InChI is InChI=1S/C20H28O3/c1-3-23-18-11-15-12(10-17(18)21)4-5-14-13(15)8-9-20(2)16(14)6-7-19(20)22/h10-11,13-14,16,19,21-22H,3-9H2,1-2H3/t13?,14?,16?,19-,20-/m0/s1. The van der Waals surface area contributed by atoms with Crippen LogP contribution in [-0.4, -0.2) is 22.9 Å². The Morgan fingerprint density at radius 2 is 2.04 bits per heavy atom. The highest BCUT2D eigenvalue weighted by Crippen LogP contribution is 2.61. The number of benzene rings is 1. The maximum Gasteiger partial charge on any atom is 0.161 e. The summed E-state index contributed by atoms with van der Waals surface area (Å²) in [5.74, 6) is 2.81. The Balaban J connectivity index is 1.70. The van der Waals surface area contributed by atoms with Crippen molar-refractivity contribution in [3.63, 3.8) is 0 Å². The van der Waals surface area contributed by atoms with E-state index in [1.54, 1.807) is 0 Å². The van der Waals surface area contributed by atoms with Crippen molar-refractivity contribution in [3.8, 4) is 11.5 Å². The van der Waals surface area contributed by atoms with Crippen LogP contribution in [0.3, 0.4) is 0 Å². The van der Waals surface area contributed by atoms with E-state index < -0.39 is 0 Å². The molecule has 0 bridgehead atoms. The van der Waals surface area contributed by atoms with Crippen LogP contribution in [0.4, 0.5) is 0 Å². The van der Waals surface area contributed by atoms with Crippen LogP contribution in [0.2, 0.25) is 0 Å². The summed E-state index contributed by atoms with van der Waals surface area (Å²) in [7, 11) is 0. The Kier molecular flexibility index (Phi) is 3.60. The average molecular weight is 316 g/mol. The van der Waals surface area contributed by atoms with Crippen molar-refractivity contribution in [1.82, 2.24) is 0 Å². The predicted molar refractivity (Wildman–Crippen MR) is 89.9 cm³/mol. The van der Waals surface area contributed by atoms with Gasteiger partial charge in [-0.15, -0.1) is 0 Å². The van der Waals surface area contributed by atoms with Gasteiger partial charge < -0.3 is 14.9 Å². The van der Waals surface area contributed by atoms with Gasteiger partial charge in [-0.05, 0) is 91.9 Å². The minimum absolute atomic E-state index is 0.117. The smallest absolute Gasteiger partial charge is 0.161 e. The van der Waals surface area contributed by atoms with Crippen molar-refractivity contribution in [3.05, 3.63) is 23.3 Å². The van der Waals surface area contributed by atoms with Gasteiger partial charge in [0.1, 0.15) is 0 Å². The molecule has 0 spiro atoms. The van der Waals surface area contributed by atoms with Crippen LogP contribution in [0, 0.1) is 17.3 Å². The Bertz CT molecular complexity index is 611. The molecule has 4 rings (SSSR count). The molecule has 1 aromatic carbocycles. The third-order valence-electron chi connectivity index (χ3n) is 7.05. The molecular formula is C20H28O3. The molecule has 2 fully saturated rings. The second-order valence-corrected chi connectivity index (χ2v) is 8.00. The second kappa shape index (κ2) is 5.41.